The minimum Gasteiger partial charge on any atom is -0.385 e. The molecule has 1 atom stereocenters. The Labute approximate surface area is 175 Å². The van der Waals surface area contributed by atoms with Gasteiger partial charge in [0, 0.05) is 38.9 Å². The SMILES string of the molecule is COCCCNC(=O)C1CCCN(C2CCN(C3Cc4ccccc4C3)CC2)C1. The smallest absolute Gasteiger partial charge is 0.224 e. The summed E-state index contributed by atoms with van der Waals surface area (Å²) in [6, 6.07) is 10.3. The molecule has 0 radical (unpaired) electrons. The van der Waals surface area contributed by atoms with Crippen LogP contribution in [0.5, 0.6) is 0 Å². The minimum absolute atomic E-state index is 0.161. The zero-order valence-corrected chi connectivity index (χ0v) is 17.9. The van der Waals surface area contributed by atoms with E-state index < -0.39 is 0 Å². The third-order valence-corrected chi connectivity index (χ3v) is 7.21. The van der Waals surface area contributed by atoms with Gasteiger partial charge in [0.05, 0.1) is 5.92 Å². The van der Waals surface area contributed by atoms with Gasteiger partial charge < -0.3 is 10.1 Å². The number of hydrogen-bond acceptors (Lipinski definition) is 4. The summed E-state index contributed by atoms with van der Waals surface area (Å²) in [4.78, 5) is 17.9. The summed E-state index contributed by atoms with van der Waals surface area (Å²) in [5.74, 6) is 0.403. The van der Waals surface area contributed by atoms with Gasteiger partial charge in [-0.25, -0.2) is 0 Å². The topological polar surface area (TPSA) is 44.8 Å². The number of hydrogen-bond donors (Lipinski definition) is 1. The highest BCUT2D eigenvalue weighted by molar-refractivity contribution is 5.78. The number of carbonyl (C=O) groups is 1. The average molecular weight is 400 g/mol. The largest absolute Gasteiger partial charge is 0.385 e. The van der Waals surface area contributed by atoms with Crippen molar-refractivity contribution in [3.63, 3.8) is 0 Å². The van der Waals surface area contributed by atoms with Crippen LogP contribution in [-0.2, 0) is 22.4 Å². The zero-order valence-electron chi connectivity index (χ0n) is 17.9. The van der Waals surface area contributed by atoms with Crippen LogP contribution in [0.25, 0.3) is 0 Å². The number of amides is 1. The van der Waals surface area contributed by atoms with E-state index in [1.807, 2.05) is 0 Å². The molecule has 0 aromatic heterocycles. The van der Waals surface area contributed by atoms with Crippen LogP contribution in [0, 0.1) is 5.92 Å². The van der Waals surface area contributed by atoms with Gasteiger partial charge in [-0.15, -0.1) is 0 Å². The fraction of sp³-hybridized carbons (Fsp3) is 0.708. The predicted octanol–water partition coefficient (Wildman–Crippen LogP) is 2.48. The lowest BCUT2D eigenvalue weighted by molar-refractivity contribution is -0.127. The molecule has 2 fully saturated rings. The first-order valence-electron chi connectivity index (χ1n) is 11.6. The van der Waals surface area contributed by atoms with Crippen LogP contribution in [0.2, 0.25) is 0 Å². The van der Waals surface area contributed by atoms with Gasteiger partial charge in [-0.3, -0.25) is 14.6 Å². The van der Waals surface area contributed by atoms with E-state index in [1.54, 1.807) is 18.2 Å². The molecule has 2 aliphatic heterocycles. The molecule has 2 saturated heterocycles. The van der Waals surface area contributed by atoms with Crippen molar-refractivity contribution >= 4 is 5.91 Å². The molecule has 2 heterocycles. The maximum Gasteiger partial charge on any atom is 0.224 e. The van der Waals surface area contributed by atoms with E-state index in [9.17, 15) is 4.79 Å². The predicted molar refractivity (Wildman–Crippen MR) is 116 cm³/mol. The highest BCUT2D eigenvalue weighted by Crippen LogP contribution is 2.29. The second-order valence-corrected chi connectivity index (χ2v) is 9.07. The first-order valence-corrected chi connectivity index (χ1v) is 11.6. The number of nitrogens with zero attached hydrogens (tertiary/aromatic N) is 2. The van der Waals surface area contributed by atoms with E-state index in [2.05, 4.69) is 39.4 Å². The Morgan fingerprint density at radius 3 is 2.45 bits per heavy atom. The second-order valence-electron chi connectivity index (χ2n) is 9.07. The fourth-order valence-corrected chi connectivity index (χ4v) is 5.53. The zero-order chi connectivity index (χ0) is 20.1. The number of nitrogens with one attached hydrogen (secondary N) is 1. The molecule has 160 valence electrons. The Balaban J connectivity index is 1.22. The van der Waals surface area contributed by atoms with E-state index in [0.29, 0.717) is 18.7 Å². The normalized spacial score (nSPS) is 24.5. The Kier molecular flexibility index (Phi) is 7.22. The first kappa shape index (κ1) is 20.8. The molecule has 0 spiro atoms. The number of rotatable bonds is 7. The number of fused-ring (bicyclic) bond motifs is 1. The number of piperidine rings is 2. The summed E-state index contributed by atoms with van der Waals surface area (Å²) in [6.07, 6.45) is 8.00. The van der Waals surface area contributed by atoms with Gasteiger partial charge in [-0.05, 0) is 75.7 Å². The fourth-order valence-electron chi connectivity index (χ4n) is 5.53. The van der Waals surface area contributed by atoms with Crippen molar-refractivity contribution in [1.82, 2.24) is 15.1 Å². The van der Waals surface area contributed by atoms with Gasteiger partial charge in [0.1, 0.15) is 0 Å². The summed E-state index contributed by atoms with van der Waals surface area (Å²) in [6.45, 7) is 5.94. The maximum atomic E-state index is 12.5. The lowest BCUT2D eigenvalue weighted by Gasteiger charge is -2.43. The van der Waals surface area contributed by atoms with Crippen molar-refractivity contribution in [2.45, 2.75) is 57.0 Å². The monoisotopic (exact) mass is 399 g/mol. The molecule has 0 bridgehead atoms. The molecule has 1 N–H and O–H groups in total. The van der Waals surface area contributed by atoms with Gasteiger partial charge in [-0.1, -0.05) is 24.3 Å². The van der Waals surface area contributed by atoms with Gasteiger partial charge in [0.25, 0.3) is 0 Å². The number of carbonyl (C=O) groups excluding carboxylic acids is 1. The van der Waals surface area contributed by atoms with Gasteiger partial charge >= 0.3 is 0 Å². The lowest BCUT2D eigenvalue weighted by Crippen LogP contribution is -2.52. The third-order valence-electron chi connectivity index (χ3n) is 7.21. The molecule has 1 unspecified atom stereocenters. The molecule has 1 aromatic rings. The van der Waals surface area contributed by atoms with Crippen molar-refractivity contribution in [2.75, 3.05) is 46.4 Å². The third kappa shape index (κ3) is 5.19. The summed E-state index contributed by atoms with van der Waals surface area (Å²) in [5, 5.41) is 3.11. The van der Waals surface area contributed by atoms with Crippen LogP contribution in [0.15, 0.2) is 24.3 Å². The van der Waals surface area contributed by atoms with Crippen LogP contribution in [0.1, 0.15) is 43.2 Å². The van der Waals surface area contributed by atoms with Crippen molar-refractivity contribution in [1.29, 1.82) is 0 Å². The number of benzene rings is 1. The number of methoxy groups -OCH3 is 1. The van der Waals surface area contributed by atoms with Crippen LogP contribution in [-0.4, -0.2) is 74.2 Å². The van der Waals surface area contributed by atoms with E-state index in [-0.39, 0.29) is 11.8 Å². The highest BCUT2D eigenvalue weighted by Gasteiger charge is 2.34. The molecule has 1 amide bonds. The molecule has 4 rings (SSSR count). The second kappa shape index (κ2) is 10.1. The van der Waals surface area contributed by atoms with Crippen molar-refractivity contribution in [2.24, 2.45) is 5.92 Å². The standard InChI is InChI=1S/C24H37N3O2/c1-29-15-5-11-25-24(28)21-8-4-12-27(18-21)22-9-13-26(14-10-22)23-16-19-6-2-3-7-20(19)17-23/h2-3,6-7,21-23H,4-5,8-18H2,1H3,(H,25,28). The summed E-state index contributed by atoms with van der Waals surface area (Å²) < 4.78 is 5.07. The molecule has 5 heteroatoms. The van der Waals surface area contributed by atoms with Crippen LogP contribution < -0.4 is 5.32 Å². The molecule has 5 nitrogen and oxygen atoms in total. The van der Waals surface area contributed by atoms with Crippen molar-refractivity contribution in [3.05, 3.63) is 35.4 Å². The van der Waals surface area contributed by atoms with Crippen LogP contribution >= 0.6 is 0 Å². The highest BCUT2D eigenvalue weighted by atomic mass is 16.5. The van der Waals surface area contributed by atoms with Gasteiger partial charge in [0.15, 0.2) is 0 Å². The van der Waals surface area contributed by atoms with E-state index in [0.717, 1.165) is 38.9 Å². The molecule has 1 aromatic carbocycles. The summed E-state index contributed by atoms with van der Waals surface area (Å²) in [5.41, 5.74) is 3.10. The molecular formula is C24H37N3O2. The Hall–Kier alpha value is -1.43. The summed E-state index contributed by atoms with van der Waals surface area (Å²) in [7, 11) is 1.71. The molecule has 0 saturated carbocycles. The van der Waals surface area contributed by atoms with Gasteiger partial charge in [0.2, 0.25) is 5.91 Å². The van der Waals surface area contributed by atoms with E-state index in [4.69, 9.17) is 4.74 Å². The van der Waals surface area contributed by atoms with Crippen LogP contribution in [0.4, 0.5) is 0 Å². The van der Waals surface area contributed by atoms with Crippen molar-refractivity contribution < 1.29 is 9.53 Å². The average Bonchev–Trinajstić information content (AvgIpc) is 3.21. The Bertz CT molecular complexity index is 647. The van der Waals surface area contributed by atoms with E-state index in [1.165, 1.54) is 38.8 Å². The lowest BCUT2D eigenvalue weighted by atomic mass is 9.92. The van der Waals surface area contributed by atoms with Gasteiger partial charge in [-0.2, -0.15) is 0 Å². The minimum atomic E-state index is 0.161. The first-order chi connectivity index (χ1) is 14.2. The summed E-state index contributed by atoms with van der Waals surface area (Å²) >= 11 is 0. The van der Waals surface area contributed by atoms with Crippen molar-refractivity contribution in [3.8, 4) is 0 Å². The number of likely N-dealkylation sites (tertiary alicyclic amines) is 2. The molecular weight excluding hydrogens is 362 g/mol. The molecule has 29 heavy (non-hydrogen) atoms. The van der Waals surface area contributed by atoms with E-state index >= 15 is 0 Å². The van der Waals surface area contributed by atoms with Crippen LogP contribution in [0.3, 0.4) is 0 Å². The molecule has 3 aliphatic rings. The quantitative estimate of drug-likeness (QED) is 0.716. The molecule has 1 aliphatic carbocycles. The Morgan fingerprint density at radius 1 is 1.03 bits per heavy atom. The maximum absolute atomic E-state index is 12.5. The Morgan fingerprint density at radius 2 is 1.76 bits per heavy atom. The number of ether oxygens (including phenoxy) is 1.